The van der Waals surface area contributed by atoms with Crippen LogP contribution in [0.5, 0.6) is 5.75 Å². The van der Waals surface area contributed by atoms with Crippen LogP contribution in [0.25, 0.3) is 0 Å². The van der Waals surface area contributed by atoms with Crippen molar-refractivity contribution in [2.75, 3.05) is 5.32 Å². The number of nitrogens with one attached hydrogen (secondary N) is 1. The number of hydrogen-bond donors (Lipinski definition) is 2. The monoisotopic (exact) mass is 259 g/mol. The average molecular weight is 259 g/mol. The molecule has 0 amide bonds. The van der Waals surface area contributed by atoms with Crippen molar-refractivity contribution >= 4 is 11.4 Å². The summed E-state index contributed by atoms with van der Waals surface area (Å²) in [4.78, 5) is 14.3. The molecule has 6 heteroatoms. The maximum Gasteiger partial charge on any atom is 0.269 e. The number of aromatic nitrogens is 1. The summed E-state index contributed by atoms with van der Waals surface area (Å²) in [5, 5.41) is 22.9. The molecule has 0 spiro atoms. The van der Waals surface area contributed by atoms with E-state index in [0.717, 1.165) is 16.9 Å². The molecule has 19 heavy (non-hydrogen) atoms. The highest BCUT2D eigenvalue weighted by Crippen LogP contribution is 2.21. The van der Waals surface area contributed by atoms with Crippen molar-refractivity contribution in [3.05, 3.63) is 57.9 Å². The summed E-state index contributed by atoms with van der Waals surface area (Å²) in [7, 11) is 0. The number of nitro benzene ring substituents is 1. The molecule has 1 heterocycles. The molecule has 0 unspecified atom stereocenters. The second-order valence-corrected chi connectivity index (χ2v) is 4.12. The van der Waals surface area contributed by atoms with E-state index in [1.807, 2.05) is 0 Å². The van der Waals surface area contributed by atoms with Crippen molar-refractivity contribution in [1.82, 2.24) is 4.98 Å². The van der Waals surface area contributed by atoms with Gasteiger partial charge >= 0.3 is 0 Å². The van der Waals surface area contributed by atoms with Crippen molar-refractivity contribution in [2.45, 2.75) is 13.5 Å². The molecule has 1 aromatic heterocycles. The van der Waals surface area contributed by atoms with Crippen LogP contribution >= 0.6 is 0 Å². The molecule has 0 fully saturated rings. The van der Waals surface area contributed by atoms with Gasteiger partial charge in [0, 0.05) is 17.8 Å². The normalized spacial score (nSPS) is 10.2. The number of benzene rings is 1. The molecule has 98 valence electrons. The lowest BCUT2D eigenvalue weighted by Gasteiger charge is -2.08. The molecule has 2 aromatic rings. The predicted octanol–water partition coefficient (Wildman–Crippen LogP) is 2.62. The number of aryl methyl sites for hydroxylation is 1. The average Bonchev–Trinajstić information content (AvgIpc) is 2.39. The fraction of sp³-hybridized carbons (Fsp3) is 0.154. The zero-order chi connectivity index (χ0) is 13.8. The standard InChI is InChI=1S/C13H13N3O3/c1-9-6-11(16(18)19)3-5-13(9)15-7-10-2-4-12(17)8-14-10/h2-6,8,15,17H,7H2,1H3. The number of rotatable bonds is 4. The van der Waals surface area contributed by atoms with Crippen molar-refractivity contribution in [2.24, 2.45) is 0 Å². The van der Waals surface area contributed by atoms with Crippen molar-refractivity contribution < 1.29 is 10.0 Å². The minimum atomic E-state index is -0.418. The van der Waals surface area contributed by atoms with E-state index in [-0.39, 0.29) is 11.4 Å². The van der Waals surface area contributed by atoms with Gasteiger partial charge in [0.1, 0.15) is 5.75 Å². The molecule has 2 N–H and O–H groups in total. The van der Waals surface area contributed by atoms with E-state index < -0.39 is 4.92 Å². The Kier molecular flexibility index (Phi) is 3.61. The molecule has 0 aliphatic carbocycles. The number of non-ortho nitro benzene ring substituents is 1. The zero-order valence-electron chi connectivity index (χ0n) is 10.3. The van der Waals surface area contributed by atoms with Crippen LogP contribution in [0.15, 0.2) is 36.5 Å². The van der Waals surface area contributed by atoms with Gasteiger partial charge in [-0.05, 0) is 30.7 Å². The van der Waals surface area contributed by atoms with E-state index in [4.69, 9.17) is 5.11 Å². The highest BCUT2D eigenvalue weighted by molar-refractivity contribution is 5.55. The molecular weight excluding hydrogens is 246 g/mol. The minimum Gasteiger partial charge on any atom is -0.506 e. The van der Waals surface area contributed by atoms with Gasteiger partial charge in [0.15, 0.2) is 0 Å². The number of aromatic hydroxyl groups is 1. The Bertz CT molecular complexity index is 597. The molecule has 0 saturated heterocycles. The van der Waals surface area contributed by atoms with Gasteiger partial charge in [-0.1, -0.05) is 0 Å². The van der Waals surface area contributed by atoms with Gasteiger partial charge in [0.25, 0.3) is 5.69 Å². The first kappa shape index (κ1) is 12.8. The van der Waals surface area contributed by atoms with Gasteiger partial charge in [-0.25, -0.2) is 0 Å². The van der Waals surface area contributed by atoms with Crippen molar-refractivity contribution in [3.63, 3.8) is 0 Å². The van der Waals surface area contributed by atoms with Crippen LogP contribution in [-0.2, 0) is 6.54 Å². The quantitative estimate of drug-likeness (QED) is 0.650. The Morgan fingerprint density at radius 3 is 2.74 bits per heavy atom. The van der Waals surface area contributed by atoms with Crippen LogP contribution in [0.3, 0.4) is 0 Å². The second kappa shape index (κ2) is 5.34. The molecule has 0 aliphatic heterocycles. The molecule has 0 radical (unpaired) electrons. The highest BCUT2D eigenvalue weighted by atomic mass is 16.6. The summed E-state index contributed by atoms with van der Waals surface area (Å²) >= 11 is 0. The summed E-state index contributed by atoms with van der Waals surface area (Å²) < 4.78 is 0. The van der Waals surface area contributed by atoms with Gasteiger partial charge in [-0.15, -0.1) is 0 Å². The first-order valence-electron chi connectivity index (χ1n) is 5.69. The summed E-state index contributed by atoms with van der Waals surface area (Å²) in [5.74, 6) is 0.121. The molecule has 6 nitrogen and oxygen atoms in total. The molecule has 0 aliphatic rings. The lowest BCUT2D eigenvalue weighted by atomic mass is 10.1. The SMILES string of the molecule is Cc1cc([N+](=O)[O-])ccc1NCc1ccc(O)cn1. The highest BCUT2D eigenvalue weighted by Gasteiger charge is 2.07. The Balaban J connectivity index is 2.07. The Hall–Kier alpha value is -2.63. The summed E-state index contributed by atoms with van der Waals surface area (Å²) in [5.41, 5.74) is 2.47. The van der Waals surface area contributed by atoms with Gasteiger partial charge in [0.05, 0.1) is 23.4 Å². The zero-order valence-corrected chi connectivity index (χ0v) is 10.3. The van der Waals surface area contributed by atoms with Gasteiger partial charge in [0.2, 0.25) is 0 Å². The van der Waals surface area contributed by atoms with Crippen LogP contribution < -0.4 is 5.32 Å². The minimum absolute atomic E-state index is 0.0748. The van der Waals surface area contributed by atoms with E-state index in [2.05, 4.69) is 10.3 Å². The molecule has 0 bridgehead atoms. The molecule has 1 aromatic carbocycles. The Morgan fingerprint density at radius 1 is 1.37 bits per heavy atom. The molecule has 0 atom stereocenters. The lowest BCUT2D eigenvalue weighted by molar-refractivity contribution is -0.384. The third-order valence-electron chi connectivity index (χ3n) is 2.69. The number of pyridine rings is 1. The summed E-state index contributed by atoms with van der Waals surface area (Å²) in [6, 6.07) is 7.93. The Labute approximate surface area is 109 Å². The lowest BCUT2D eigenvalue weighted by Crippen LogP contribution is -2.03. The van der Waals surface area contributed by atoms with Gasteiger partial charge in [-0.2, -0.15) is 0 Å². The van der Waals surface area contributed by atoms with Gasteiger partial charge in [-0.3, -0.25) is 15.1 Å². The van der Waals surface area contributed by atoms with Crippen molar-refractivity contribution in [3.8, 4) is 5.75 Å². The number of nitro groups is 1. The predicted molar refractivity (Wildman–Crippen MR) is 71.1 cm³/mol. The summed E-state index contributed by atoms with van der Waals surface area (Å²) in [6.07, 6.45) is 1.37. The fourth-order valence-corrected chi connectivity index (χ4v) is 1.67. The van der Waals surface area contributed by atoms with Crippen LogP contribution in [-0.4, -0.2) is 15.0 Å². The van der Waals surface area contributed by atoms with Crippen molar-refractivity contribution in [1.29, 1.82) is 0 Å². The smallest absolute Gasteiger partial charge is 0.269 e. The van der Waals surface area contributed by atoms with Crippen LogP contribution in [0.1, 0.15) is 11.3 Å². The number of nitrogens with zero attached hydrogens (tertiary/aromatic N) is 2. The molecule has 0 saturated carbocycles. The van der Waals surface area contributed by atoms with E-state index in [1.54, 1.807) is 25.1 Å². The molecular formula is C13H13N3O3. The number of hydrogen-bond acceptors (Lipinski definition) is 5. The van der Waals surface area contributed by atoms with E-state index in [1.165, 1.54) is 18.3 Å². The maximum absolute atomic E-state index is 10.6. The van der Waals surface area contributed by atoms with Crippen LogP contribution in [0.4, 0.5) is 11.4 Å². The summed E-state index contributed by atoms with van der Waals surface area (Å²) in [6.45, 7) is 2.29. The van der Waals surface area contributed by atoms with Gasteiger partial charge < -0.3 is 10.4 Å². The van der Waals surface area contributed by atoms with E-state index in [0.29, 0.717) is 6.54 Å². The largest absolute Gasteiger partial charge is 0.506 e. The molecule has 2 rings (SSSR count). The van der Waals surface area contributed by atoms with Crippen LogP contribution in [0, 0.1) is 17.0 Å². The Morgan fingerprint density at radius 2 is 2.16 bits per heavy atom. The first-order chi connectivity index (χ1) is 9.06. The van der Waals surface area contributed by atoms with E-state index >= 15 is 0 Å². The third kappa shape index (κ3) is 3.19. The van der Waals surface area contributed by atoms with E-state index in [9.17, 15) is 10.1 Å². The topological polar surface area (TPSA) is 88.3 Å². The fourth-order valence-electron chi connectivity index (χ4n) is 1.67. The van der Waals surface area contributed by atoms with Crippen LogP contribution in [0.2, 0.25) is 0 Å². The second-order valence-electron chi connectivity index (χ2n) is 4.12. The maximum atomic E-state index is 10.6. The first-order valence-corrected chi connectivity index (χ1v) is 5.69. The number of anilines is 1. The third-order valence-corrected chi connectivity index (χ3v) is 2.69.